The molecule has 0 spiro atoms. The van der Waals surface area contributed by atoms with Crippen molar-refractivity contribution in [3.8, 4) is 11.5 Å². The fourth-order valence-electron chi connectivity index (χ4n) is 1.96. The van der Waals surface area contributed by atoms with Gasteiger partial charge < -0.3 is 4.42 Å². The zero-order valence-electron chi connectivity index (χ0n) is 12.6. The first kappa shape index (κ1) is 16.7. The molecule has 3 aromatic rings. The summed E-state index contributed by atoms with van der Waals surface area (Å²) in [5, 5.41) is 8.30. The molecule has 0 aliphatic heterocycles. The molecule has 8 heteroatoms. The Morgan fingerprint density at radius 2 is 1.71 bits per heavy atom. The number of aromatic nitrogens is 2. The second kappa shape index (κ2) is 6.74. The van der Waals surface area contributed by atoms with E-state index in [1.165, 1.54) is 36.0 Å². The topological polar surface area (TPSA) is 73.1 Å². The maximum atomic E-state index is 12.9. The highest BCUT2D eigenvalue weighted by molar-refractivity contribution is 7.98. The zero-order chi connectivity index (χ0) is 17.2. The van der Waals surface area contributed by atoms with Crippen LogP contribution in [0.2, 0.25) is 0 Å². The van der Waals surface area contributed by atoms with E-state index in [2.05, 4.69) is 10.2 Å². The predicted molar refractivity (Wildman–Crippen MR) is 88.8 cm³/mol. The van der Waals surface area contributed by atoms with Gasteiger partial charge in [-0.2, -0.15) is 0 Å². The van der Waals surface area contributed by atoms with Crippen molar-refractivity contribution in [1.29, 1.82) is 0 Å². The quantitative estimate of drug-likeness (QED) is 0.645. The van der Waals surface area contributed by atoms with Gasteiger partial charge in [0.05, 0.1) is 4.90 Å². The van der Waals surface area contributed by atoms with Gasteiger partial charge in [-0.3, -0.25) is 0 Å². The van der Waals surface area contributed by atoms with E-state index in [0.29, 0.717) is 22.4 Å². The first-order valence-corrected chi connectivity index (χ1v) is 9.81. The first-order valence-electron chi connectivity index (χ1n) is 6.93. The molecule has 124 valence electrons. The molecule has 24 heavy (non-hydrogen) atoms. The van der Waals surface area contributed by atoms with E-state index in [4.69, 9.17) is 4.42 Å². The largest absolute Gasteiger partial charge is 0.411 e. The van der Waals surface area contributed by atoms with E-state index in [1.54, 1.807) is 24.3 Å². The second-order valence-electron chi connectivity index (χ2n) is 5.08. The van der Waals surface area contributed by atoms with Gasteiger partial charge in [-0.15, -0.1) is 10.2 Å². The number of thioether (sulfide) groups is 1. The van der Waals surface area contributed by atoms with Gasteiger partial charge in [0.2, 0.25) is 5.89 Å². The summed E-state index contributed by atoms with van der Waals surface area (Å²) in [5.74, 6) is 0.618. The van der Waals surface area contributed by atoms with Crippen LogP contribution in [0.1, 0.15) is 5.56 Å². The van der Waals surface area contributed by atoms with Crippen molar-refractivity contribution in [3.05, 3.63) is 59.9 Å². The van der Waals surface area contributed by atoms with Crippen molar-refractivity contribution in [2.45, 2.75) is 15.9 Å². The maximum Gasteiger partial charge on any atom is 0.277 e. The van der Waals surface area contributed by atoms with Crippen LogP contribution in [0.15, 0.2) is 63.1 Å². The van der Waals surface area contributed by atoms with Gasteiger partial charge in [-0.25, -0.2) is 12.8 Å². The Balaban J connectivity index is 1.70. The standard InChI is InChI=1S/C16H13FN2O3S2/c1-24(20,21)14-8-4-12(5-9-14)15-18-19-16(22-15)23-10-11-2-6-13(17)7-3-11/h2-9H,10H2,1H3. The molecule has 3 rings (SSSR count). The minimum atomic E-state index is -3.24. The average molecular weight is 364 g/mol. The fourth-order valence-corrected chi connectivity index (χ4v) is 3.30. The van der Waals surface area contributed by atoms with Gasteiger partial charge in [-0.05, 0) is 42.0 Å². The Kier molecular flexibility index (Phi) is 4.68. The van der Waals surface area contributed by atoms with Crippen LogP contribution in [0.3, 0.4) is 0 Å². The molecule has 0 aliphatic carbocycles. The molecule has 0 unspecified atom stereocenters. The van der Waals surface area contributed by atoms with Gasteiger partial charge >= 0.3 is 0 Å². The number of hydrogen-bond acceptors (Lipinski definition) is 6. The third kappa shape index (κ3) is 4.01. The minimum absolute atomic E-state index is 0.233. The highest BCUT2D eigenvalue weighted by Crippen LogP contribution is 2.26. The van der Waals surface area contributed by atoms with Crippen molar-refractivity contribution in [1.82, 2.24) is 10.2 Å². The summed E-state index contributed by atoms with van der Waals surface area (Å²) in [4.78, 5) is 0.233. The number of hydrogen-bond donors (Lipinski definition) is 0. The molecule has 0 bridgehead atoms. The van der Waals surface area contributed by atoms with Gasteiger partial charge in [0.15, 0.2) is 9.84 Å². The zero-order valence-corrected chi connectivity index (χ0v) is 14.3. The van der Waals surface area contributed by atoms with E-state index >= 15 is 0 Å². The SMILES string of the molecule is CS(=O)(=O)c1ccc(-c2nnc(SCc3ccc(F)cc3)o2)cc1. The summed E-state index contributed by atoms with van der Waals surface area (Å²) in [6.45, 7) is 0. The molecule has 0 fully saturated rings. The fraction of sp³-hybridized carbons (Fsp3) is 0.125. The lowest BCUT2D eigenvalue weighted by atomic mass is 10.2. The predicted octanol–water partition coefficient (Wildman–Crippen LogP) is 3.57. The van der Waals surface area contributed by atoms with Crippen LogP contribution in [0, 0.1) is 5.82 Å². The maximum absolute atomic E-state index is 12.9. The summed E-state index contributed by atoms with van der Waals surface area (Å²) in [5.41, 5.74) is 1.59. The lowest BCUT2D eigenvalue weighted by Gasteiger charge is -1.99. The molecular formula is C16H13FN2O3S2. The lowest BCUT2D eigenvalue weighted by Crippen LogP contribution is -1.96. The third-order valence-corrected chi connectivity index (χ3v) is 5.23. The number of halogens is 1. The van der Waals surface area contributed by atoms with Crippen molar-refractivity contribution in [2.75, 3.05) is 6.26 Å². The molecule has 0 saturated carbocycles. The summed E-state index contributed by atoms with van der Waals surface area (Å²) < 4.78 is 41.3. The van der Waals surface area contributed by atoms with Crippen LogP contribution in [0.5, 0.6) is 0 Å². The Hall–Kier alpha value is -2.19. The van der Waals surface area contributed by atoms with Gasteiger partial charge in [0.25, 0.3) is 5.22 Å². The summed E-state index contributed by atoms with van der Waals surface area (Å²) in [7, 11) is -3.24. The van der Waals surface area contributed by atoms with Crippen molar-refractivity contribution in [2.24, 2.45) is 0 Å². The average Bonchev–Trinajstić information content (AvgIpc) is 3.03. The molecule has 0 atom stereocenters. The lowest BCUT2D eigenvalue weighted by molar-refractivity contribution is 0.466. The van der Waals surface area contributed by atoms with E-state index in [1.807, 2.05) is 0 Å². The molecule has 0 N–H and O–H groups in total. The van der Waals surface area contributed by atoms with Crippen LogP contribution in [-0.4, -0.2) is 24.9 Å². The Bertz CT molecular complexity index is 936. The minimum Gasteiger partial charge on any atom is -0.411 e. The number of nitrogens with zero attached hydrogens (tertiary/aromatic N) is 2. The van der Waals surface area contributed by atoms with Crippen molar-refractivity contribution < 1.29 is 17.2 Å². The van der Waals surface area contributed by atoms with Gasteiger partial charge in [-0.1, -0.05) is 23.9 Å². The first-order chi connectivity index (χ1) is 11.4. The molecule has 1 aromatic heterocycles. The molecule has 0 aliphatic rings. The van der Waals surface area contributed by atoms with Crippen molar-refractivity contribution in [3.63, 3.8) is 0 Å². The van der Waals surface area contributed by atoms with Crippen LogP contribution in [-0.2, 0) is 15.6 Å². The second-order valence-corrected chi connectivity index (χ2v) is 8.03. The third-order valence-electron chi connectivity index (χ3n) is 3.21. The Labute approximate surface area is 142 Å². The Morgan fingerprint density at radius 1 is 1.04 bits per heavy atom. The van der Waals surface area contributed by atoms with Gasteiger partial charge in [0.1, 0.15) is 5.82 Å². The van der Waals surface area contributed by atoms with Crippen LogP contribution >= 0.6 is 11.8 Å². The van der Waals surface area contributed by atoms with Crippen molar-refractivity contribution >= 4 is 21.6 Å². The van der Waals surface area contributed by atoms with E-state index in [9.17, 15) is 12.8 Å². The summed E-state index contributed by atoms with van der Waals surface area (Å²) >= 11 is 1.34. The molecule has 1 heterocycles. The highest BCUT2D eigenvalue weighted by atomic mass is 32.2. The Morgan fingerprint density at radius 3 is 2.33 bits per heavy atom. The van der Waals surface area contributed by atoms with Crippen LogP contribution in [0.4, 0.5) is 4.39 Å². The van der Waals surface area contributed by atoms with E-state index < -0.39 is 9.84 Å². The highest BCUT2D eigenvalue weighted by Gasteiger charge is 2.11. The molecular weight excluding hydrogens is 351 g/mol. The summed E-state index contributed by atoms with van der Waals surface area (Å²) in [6.07, 6.45) is 1.15. The van der Waals surface area contributed by atoms with Crippen LogP contribution < -0.4 is 0 Å². The van der Waals surface area contributed by atoms with Gasteiger partial charge in [0, 0.05) is 17.6 Å². The van der Waals surface area contributed by atoms with Crippen LogP contribution in [0.25, 0.3) is 11.5 Å². The smallest absolute Gasteiger partial charge is 0.277 e. The molecule has 0 amide bonds. The molecule has 0 saturated heterocycles. The molecule has 0 radical (unpaired) electrons. The summed E-state index contributed by atoms with van der Waals surface area (Å²) in [6, 6.07) is 12.4. The number of benzene rings is 2. The number of sulfone groups is 1. The molecule has 2 aromatic carbocycles. The molecule has 5 nitrogen and oxygen atoms in total. The normalized spacial score (nSPS) is 11.6. The monoisotopic (exact) mass is 364 g/mol. The number of rotatable bonds is 5. The van der Waals surface area contributed by atoms with E-state index in [-0.39, 0.29) is 10.7 Å². The van der Waals surface area contributed by atoms with E-state index in [0.717, 1.165) is 11.8 Å².